The minimum absolute atomic E-state index is 0.511. The van der Waals surface area contributed by atoms with Crippen LogP contribution in [-0.4, -0.2) is 23.5 Å². The van der Waals surface area contributed by atoms with E-state index in [0.717, 1.165) is 6.54 Å². The van der Waals surface area contributed by atoms with Crippen LogP contribution in [0.15, 0.2) is 12.2 Å². The molecule has 0 amide bonds. The van der Waals surface area contributed by atoms with Crippen LogP contribution in [0.25, 0.3) is 0 Å². The van der Waals surface area contributed by atoms with E-state index in [2.05, 4.69) is 18.4 Å². The lowest BCUT2D eigenvalue weighted by Gasteiger charge is -2.25. The molecule has 10 heavy (non-hydrogen) atoms. The minimum Gasteiger partial charge on any atom is -0.294 e. The molecule has 0 bridgehead atoms. The molecule has 2 heterocycles. The number of rotatable bonds is 0. The second-order valence-corrected chi connectivity index (χ2v) is 3.95. The van der Waals surface area contributed by atoms with Crippen molar-refractivity contribution in [1.82, 2.24) is 4.90 Å². The Morgan fingerprint density at radius 1 is 1.60 bits per heavy atom. The summed E-state index contributed by atoms with van der Waals surface area (Å²) in [6.07, 6.45) is 4.02. The largest absolute Gasteiger partial charge is 0.294 e. The average Bonchev–Trinajstić information content (AvgIpc) is 2.20. The fraction of sp³-hybridized carbons (Fsp3) is 0.778. The third-order valence-electron chi connectivity index (χ3n) is 2.95. The summed E-state index contributed by atoms with van der Waals surface area (Å²) in [5.41, 5.74) is 1.94. The Morgan fingerprint density at radius 2 is 2.40 bits per heavy atom. The van der Waals surface area contributed by atoms with E-state index < -0.39 is 0 Å². The number of hydrogen-bond donors (Lipinski definition) is 0. The summed E-state index contributed by atoms with van der Waals surface area (Å²) in [6, 6.07) is 0. The van der Waals surface area contributed by atoms with Gasteiger partial charge in [0.25, 0.3) is 0 Å². The first-order chi connectivity index (χ1) is 4.71. The van der Waals surface area contributed by atoms with Gasteiger partial charge in [-0.15, -0.1) is 0 Å². The Balaban J connectivity index is 2.22. The van der Waals surface area contributed by atoms with Gasteiger partial charge in [-0.2, -0.15) is 0 Å². The molecule has 0 aromatic carbocycles. The van der Waals surface area contributed by atoms with Gasteiger partial charge < -0.3 is 0 Å². The fourth-order valence-electron chi connectivity index (χ4n) is 2.41. The van der Waals surface area contributed by atoms with E-state index in [9.17, 15) is 0 Å². The van der Waals surface area contributed by atoms with E-state index in [1.54, 1.807) is 0 Å². The number of hydrogen-bond acceptors (Lipinski definition) is 1. The van der Waals surface area contributed by atoms with Crippen molar-refractivity contribution in [3.8, 4) is 0 Å². The first kappa shape index (κ1) is 6.41. The zero-order valence-corrected chi connectivity index (χ0v) is 6.69. The Bertz CT molecular complexity index is 174. The molecule has 1 atom stereocenters. The summed E-state index contributed by atoms with van der Waals surface area (Å²) < 4.78 is 0. The lowest BCUT2D eigenvalue weighted by Crippen LogP contribution is -2.34. The van der Waals surface area contributed by atoms with Gasteiger partial charge in [0.05, 0.1) is 0 Å². The second-order valence-electron chi connectivity index (χ2n) is 3.95. The van der Waals surface area contributed by atoms with Crippen LogP contribution in [0.4, 0.5) is 0 Å². The maximum absolute atomic E-state index is 4.04. The molecule has 0 aromatic rings. The third kappa shape index (κ3) is 0.734. The summed E-state index contributed by atoms with van der Waals surface area (Å²) in [6.45, 7) is 8.88. The van der Waals surface area contributed by atoms with Crippen LogP contribution >= 0.6 is 0 Å². The van der Waals surface area contributed by atoms with Crippen molar-refractivity contribution in [2.75, 3.05) is 13.1 Å². The van der Waals surface area contributed by atoms with Gasteiger partial charge in [0.2, 0.25) is 0 Å². The normalized spacial score (nSPS) is 40.7. The molecule has 0 spiro atoms. The highest BCUT2D eigenvalue weighted by Gasteiger charge is 2.41. The molecule has 1 unspecified atom stereocenters. The Labute approximate surface area is 62.7 Å². The summed E-state index contributed by atoms with van der Waals surface area (Å²) in [5, 5.41) is 0. The van der Waals surface area contributed by atoms with Gasteiger partial charge >= 0.3 is 0 Å². The number of nitrogens with zero attached hydrogens (tertiary/aromatic N) is 1. The van der Waals surface area contributed by atoms with Gasteiger partial charge in [0, 0.05) is 12.1 Å². The van der Waals surface area contributed by atoms with Gasteiger partial charge in [-0.05, 0) is 32.7 Å². The van der Waals surface area contributed by atoms with Crippen molar-refractivity contribution in [2.24, 2.45) is 0 Å². The molecule has 0 radical (unpaired) electrons. The van der Waals surface area contributed by atoms with Crippen LogP contribution in [0.2, 0.25) is 0 Å². The highest BCUT2D eigenvalue weighted by atomic mass is 15.2. The lowest BCUT2D eigenvalue weighted by molar-refractivity contribution is 0.218. The average molecular weight is 137 g/mol. The first-order valence-corrected chi connectivity index (χ1v) is 4.12. The maximum Gasteiger partial charge on any atom is 0.0222 e. The maximum atomic E-state index is 4.04. The molecule has 2 aliphatic rings. The van der Waals surface area contributed by atoms with Crippen molar-refractivity contribution in [1.29, 1.82) is 0 Å². The van der Waals surface area contributed by atoms with Crippen LogP contribution in [0.5, 0.6) is 0 Å². The molecular formula is C9H15N. The molecule has 1 heteroatoms. The topological polar surface area (TPSA) is 3.24 Å². The smallest absolute Gasteiger partial charge is 0.0222 e. The second kappa shape index (κ2) is 1.85. The van der Waals surface area contributed by atoms with Gasteiger partial charge in [-0.25, -0.2) is 0 Å². The summed E-state index contributed by atoms with van der Waals surface area (Å²) in [4.78, 5) is 2.58. The SMILES string of the molecule is C=C1CN2CCCC2(C)C1. The van der Waals surface area contributed by atoms with Crippen LogP contribution < -0.4 is 0 Å². The zero-order chi connectivity index (χ0) is 7.19. The molecule has 0 aliphatic carbocycles. The van der Waals surface area contributed by atoms with Gasteiger partial charge in [0.15, 0.2) is 0 Å². The zero-order valence-electron chi connectivity index (χ0n) is 6.69. The quantitative estimate of drug-likeness (QED) is 0.460. The van der Waals surface area contributed by atoms with E-state index in [1.807, 2.05) is 0 Å². The molecule has 56 valence electrons. The van der Waals surface area contributed by atoms with Crippen molar-refractivity contribution in [3.05, 3.63) is 12.2 Å². The summed E-state index contributed by atoms with van der Waals surface area (Å²) in [7, 11) is 0. The summed E-state index contributed by atoms with van der Waals surface area (Å²) in [5.74, 6) is 0. The minimum atomic E-state index is 0.511. The first-order valence-electron chi connectivity index (χ1n) is 4.12. The molecule has 2 rings (SSSR count). The van der Waals surface area contributed by atoms with Gasteiger partial charge in [0.1, 0.15) is 0 Å². The van der Waals surface area contributed by atoms with E-state index in [1.165, 1.54) is 31.4 Å². The monoisotopic (exact) mass is 137 g/mol. The third-order valence-corrected chi connectivity index (χ3v) is 2.95. The van der Waals surface area contributed by atoms with E-state index in [4.69, 9.17) is 0 Å². The highest BCUT2D eigenvalue weighted by molar-refractivity contribution is 5.15. The molecule has 0 saturated carbocycles. The Kier molecular flexibility index (Phi) is 1.19. The van der Waals surface area contributed by atoms with Crippen molar-refractivity contribution >= 4 is 0 Å². The van der Waals surface area contributed by atoms with Gasteiger partial charge in [-0.3, -0.25) is 4.90 Å². The van der Waals surface area contributed by atoms with Crippen molar-refractivity contribution in [3.63, 3.8) is 0 Å². The van der Waals surface area contributed by atoms with E-state index in [0.29, 0.717) is 5.54 Å². The Morgan fingerprint density at radius 3 is 3.10 bits per heavy atom. The van der Waals surface area contributed by atoms with Crippen molar-refractivity contribution < 1.29 is 0 Å². The Hall–Kier alpha value is -0.300. The number of fused-ring (bicyclic) bond motifs is 1. The molecule has 0 aromatic heterocycles. The van der Waals surface area contributed by atoms with Gasteiger partial charge in [-0.1, -0.05) is 12.2 Å². The molecule has 2 aliphatic heterocycles. The van der Waals surface area contributed by atoms with Crippen molar-refractivity contribution in [2.45, 2.75) is 31.7 Å². The molecule has 2 fully saturated rings. The predicted octanol–water partition coefficient (Wildman–Crippen LogP) is 1.80. The standard InChI is InChI=1S/C9H15N/c1-8-6-9(2)4-3-5-10(9)7-8/h1,3-7H2,2H3. The van der Waals surface area contributed by atoms with Crippen LogP contribution in [0.3, 0.4) is 0 Å². The van der Waals surface area contributed by atoms with Crippen LogP contribution in [-0.2, 0) is 0 Å². The van der Waals surface area contributed by atoms with E-state index in [-0.39, 0.29) is 0 Å². The fourth-order valence-corrected chi connectivity index (χ4v) is 2.41. The highest BCUT2D eigenvalue weighted by Crippen LogP contribution is 2.39. The molecule has 1 nitrogen and oxygen atoms in total. The lowest BCUT2D eigenvalue weighted by atomic mass is 9.96. The predicted molar refractivity (Wildman–Crippen MR) is 43.0 cm³/mol. The summed E-state index contributed by atoms with van der Waals surface area (Å²) >= 11 is 0. The van der Waals surface area contributed by atoms with Crippen LogP contribution in [0, 0.1) is 0 Å². The van der Waals surface area contributed by atoms with Crippen LogP contribution in [0.1, 0.15) is 26.2 Å². The van der Waals surface area contributed by atoms with E-state index >= 15 is 0 Å². The molecule has 0 N–H and O–H groups in total. The molecular weight excluding hydrogens is 122 g/mol. The molecule has 2 saturated heterocycles.